The molecule has 0 unspecified atom stereocenters. The quantitative estimate of drug-likeness (QED) is 0.725. The van der Waals surface area contributed by atoms with Crippen molar-refractivity contribution in [2.75, 3.05) is 18.4 Å². The SMILES string of the molecule is Cc1ccc(S(=O)(=O)N2CCC[C@@H]2CNC(=O)C(=O)Nc2ccccc2F)cc1. The van der Waals surface area contributed by atoms with Gasteiger partial charge in [0.1, 0.15) is 5.82 Å². The molecule has 1 fully saturated rings. The maximum Gasteiger partial charge on any atom is 0.313 e. The van der Waals surface area contributed by atoms with Crippen LogP contribution in [0.25, 0.3) is 0 Å². The summed E-state index contributed by atoms with van der Waals surface area (Å²) in [6, 6.07) is 11.6. The van der Waals surface area contributed by atoms with Crippen LogP contribution in [0.4, 0.5) is 10.1 Å². The van der Waals surface area contributed by atoms with Gasteiger partial charge in [-0.2, -0.15) is 4.31 Å². The van der Waals surface area contributed by atoms with Crippen LogP contribution in [0, 0.1) is 12.7 Å². The van der Waals surface area contributed by atoms with Crippen LogP contribution in [-0.4, -0.2) is 43.7 Å². The Morgan fingerprint density at radius 3 is 2.48 bits per heavy atom. The van der Waals surface area contributed by atoms with Crippen LogP contribution in [0.15, 0.2) is 53.4 Å². The lowest BCUT2D eigenvalue weighted by molar-refractivity contribution is -0.136. The van der Waals surface area contributed by atoms with E-state index in [9.17, 15) is 22.4 Å². The van der Waals surface area contributed by atoms with Gasteiger partial charge in [-0.25, -0.2) is 12.8 Å². The number of benzene rings is 2. The molecule has 1 aliphatic rings. The number of amides is 2. The Bertz CT molecular complexity index is 1010. The highest BCUT2D eigenvalue weighted by atomic mass is 32.2. The Morgan fingerprint density at radius 1 is 1.10 bits per heavy atom. The minimum Gasteiger partial charge on any atom is -0.346 e. The number of carbonyl (C=O) groups excluding carboxylic acids is 2. The number of sulfonamides is 1. The summed E-state index contributed by atoms with van der Waals surface area (Å²) in [6.45, 7) is 2.21. The molecular weight excluding hydrogens is 397 g/mol. The minimum atomic E-state index is -3.70. The number of nitrogens with zero attached hydrogens (tertiary/aromatic N) is 1. The molecule has 2 amide bonds. The van der Waals surface area contributed by atoms with Crippen molar-refractivity contribution in [3.63, 3.8) is 0 Å². The average molecular weight is 419 g/mol. The zero-order valence-corrected chi connectivity index (χ0v) is 16.7. The summed E-state index contributed by atoms with van der Waals surface area (Å²) >= 11 is 0. The summed E-state index contributed by atoms with van der Waals surface area (Å²) in [5, 5.41) is 4.65. The third-order valence-electron chi connectivity index (χ3n) is 4.78. The van der Waals surface area contributed by atoms with E-state index in [0.29, 0.717) is 19.4 Å². The Kier molecular flexibility index (Phi) is 6.29. The van der Waals surface area contributed by atoms with Gasteiger partial charge in [-0.3, -0.25) is 9.59 Å². The first-order valence-corrected chi connectivity index (χ1v) is 10.7. The van der Waals surface area contributed by atoms with Crippen molar-refractivity contribution in [3.05, 3.63) is 59.9 Å². The van der Waals surface area contributed by atoms with Crippen molar-refractivity contribution in [1.29, 1.82) is 0 Å². The molecule has 1 aliphatic heterocycles. The first kappa shape index (κ1) is 20.9. The molecule has 154 valence electrons. The molecule has 3 rings (SSSR count). The van der Waals surface area contributed by atoms with Crippen molar-refractivity contribution >= 4 is 27.5 Å². The van der Waals surface area contributed by atoms with Crippen LogP contribution >= 0.6 is 0 Å². The van der Waals surface area contributed by atoms with Crippen molar-refractivity contribution in [3.8, 4) is 0 Å². The summed E-state index contributed by atoms with van der Waals surface area (Å²) in [7, 11) is -3.70. The Balaban J connectivity index is 1.62. The maximum absolute atomic E-state index is 13.6. The molecule has 0 bridgehead atoms. The standard InChI is InChI=1S/C20H22FN3O4S/c1-14-8-10-16(11-9-14)29(27,28)24-12-4-5-15(24)13-22-19(25)20(26)23-18-7-3-2-6-17(18)21/h2-3,6-11,15H,4-5,12-13H2,1H3,(H,22,25)(H,23,26)/t15-/m1/s1. The van der Waals surface area contributed by atoms with Crippen molar-refractivity contribution in [2.24, 2.45) is 0 Å². The zero-order valence-electron chi connectivity index (χ0n) is 15.9. The lowest BCUT2D eigenvalue weighted by atomic mass is 10.2. The van der Waals surface area contributed by atoms with E-state index in [0.717, 1.165) is 5.56 Å². The summed E-state index contributed by atoms with van der Waals surface area (Å²) in [4.78, 5) is 24.2. The van der Waals surface area contributed by atoms with E-state index in [1.165, 1.54) is 28.6 Å². The van der Waals surface area contributed by atoms with Gasteiger partial charge in [0.25, 0.3) is 0 Å². The van der Waals surface area contributed by atoms with Gasteiger partial charge >= 0.3 is 11.8 Å². The number of nitrogens with one attached hydrogen (secondary N) is 2. The van der Waals surface area contributed by atoms with E-state index in [1.54, 1.807) is 24.3 Å². The third-order valence-corrected chi connectivity index (χ3v) is 6.74. The topological polar surface area (TPSA) is 95.6 Å². The average Bonchev–Trinajstić information content (AvgIpc) is 3.17. The van der Waals surface area contributed by atoms with Gasteiger partial charge in [0, 0.05) is 19.1 Å². The minimum absolute atomic E-state index is 0.00534. The molecule has 2 aromatic carbocycles. The molecule has 2 N–H and O–H groups in total. The van der Waals surface area contributed by atoms with Gasteiger partial charge in [-0.05, 0) is 44.0 Å². The van der Waals surface area contributed by atoms with Gasteiger partial charge in [0.05, 0.1) is 10.6 Å². The molecule has 1 saturated heterocycles. The van der Waals surface area contributed by atoms with E-state index < -0.39 is 33.7 Å². The maximum atomic E-state index is 13.6. The molecule has 29 heavy (non-hydrogen) atoms. The van der Waals surface area contributed by atoms with E-state index in [1.807, 2.05) is 6.92 Å². The van der Waals surface area contributed by atoms with Crippen LogP contribution < -0.4 is 10.6 Å². The Hall–Kier alpha value is -2.78. The predicted molar refractivity (Wildman–Crippen MR) is 106 cm³/mol. The number of rotatable bonds is 5. The summed E-state index contributed by atoms with van der Waals surface area (Å²) < 4.78 is 40.8. The zero-order chi connectivity index (χ0) is 21.0. The van der Waals surface area contributed by atoms with Gasteiger partial charge < -0.3 is 10.6 Å². The first-order chi connectivity index (χ1) is 13.8. The summed E-state index contributed by atoms with van der Waals surface area (Å²) in [5.41, 5.74) is 0.854. The molecule has 9 heteroatoms. The van der Waals surface area contributed by atoms with Crippen molar-refractivity contribution in [1.82, 2.24) is 9.62 Å². The van der Waals surface area contributed by atoms with E-state index in [2.05, 4.69) is 10.6 Å². The first-order valence-electron chi connectivity index (χ1n) is 9.21. The molecule has 0 aliphatic carbocycles. The molecule has 0 spiro atoms. The normalized spacial score (nSPS) is 17.1. The summed E-state index contributed by atoms with van der Waals surface area (Å²) in [6.07, 6.45) is 1.23. The van der Waals surface area contributed by atoms with Crippen LogP contribution in [-0.2, 0) is 19.6 Å². The van der Waals surface area contributed by atoms with Gasteiger partial charge in [-0.1, -0.05) is 29.8 Å². The van der Waals surface area contributed by atoms with Crippen molar-refractivity contribution in [2.45, 2.75) is 30.7 Å². The second-order valence-corrected chi connectivity index (χ2v) is 8.76. The molecule has 0 aromatic heterocycles. The van der Waals surface area contributed by atoms with Gasteiger partial charge in [-0.15, -0.1) is 0 Å². The van der Waals surface area contributed by atoms with E-state index in [-0.39, 0.29) is 17.1 Å². The molecule has 0 saturated carbocycles. The monoisotopic (exact) mass is 419 g/mol. The molecule has 2 aromatic rings. The van der Waals surface area contributed by atoms with Crippen LogP contribution in [0.2, 0.25) is 0 Å². The molecule has 0 radical (unpaired) electrons. The fourth-order valence-electron chi connectivity index (χ4n) is 3.21. The lowest BCUT2D eigenvalue weighted by Gasteiger charge is -2.24. The van der Waals surface area contributed by atoms with E-state index >= 15 is 0 Å². The molecule has 7 nitrogen and oxygen atoms in total. The second-order valence-electron chi connectivity index (χ2n) is 6.87. The fraction of sp³-hybridized carbons (Fsp3) is 0.300. The third kappa shape index (κ3) is 4.80. The number of aryl methyl sites for hydroxylation is 1. The molecule has 1 heterocycles. The number of halogens is 1. The highest BCUT2D eigenvalue weighted by molar-refractivity contribution is 7.89. The van der Waals surface area contributed by atoms with Gasteiger partial charge in [0.2, 0.25) is 10.0 Å². The highest BCUT2D eigenvalue weighted by Crippen LogP contribution is 2.26. The number of hydrogen-bond donors (Lipinski definition) is 2. The number of para-hydroxylation sites is 1. The van der Waals surface area contributed by atoms with Crippen LogP contribution in [0.1, 0.15) is 18.4 Å². The number of hydrogen-bond acceptors (Lipinski definition) is 4. The lowest BCUT2D eigenvalue weighted by Crippen LogP contribution is -2.45. The predicted octanol–water partition coefficient (Wildman–Crippen LogP) is 2.04. The molecular formula is C20H22FN3O4S. The number of carbonyl (C=O) groups is 2. The highest BCUT2D eigenvalue weighted by Gasteiger charge is 2.35. The fourth-order valence-corrected chi connectivity index (χ4v) is 4.90. The largest absolute Gasteiger partial charge is 0.346 e. The number of anilines is 1. The summed E-state index contributed by atoms with van der Waals surface area (Å²) in [5.74, 6) is -2.62. The van der Waals surface area contributed by atoms with Crippen LogP contribution in [0.3, 0.4) is 0 Å². The Labute approximate surface area is 169 Å². The smallest absolute Gasteiger partial charge is 0.313 e. The second kappa shape index (κ2) is 8.71. The van der Waals surface area contributed by atoms with Crippen LogP contribution in [0.5, 0.6) is 0 Å². The van der Waals surface area contributed by atoms with Gasteiger partial charge in [0.15, 0.2) is 0 Å². The van der Waals surface area contributed by atoms with Crippen molar-refractivity contribution < 1.29 is 22.4 Å². The Morgan fingerprint density at radius 2 is 1.79 bits per heavy atom. The molecule has 1 atom stereocenters. The van der Waals surface area contributed by atoms with E-state index in [4.69, 9.17) is 0 Å².